The first-order chi connectivity index (χ1) is 10.5. The Hall–Kier alpha value is -1.99. The van der Waals surface area contributed by atoms with Crippen LogP contribution >= 0.6 is 0 Å². The van der Waals surface area contributed by atoms with Gasteiger partial charge in [-0.05, 0) is 12.5 Å². The van der Waals surface area contributed by atoms with Gasteiger partial charge in [0.1, 0.15) is 0 Å². The van der Waals surface area contributed by atoms with Crippen LogP contribution in [0.4, 0.5) is 11.4 Å². The van der Waals surface area contributed by atoms with Crippen molar-refractivity contribution >= 4 is 17.3 Å². The summed E-state index contributed by atoms with van der Waals surface area (Å²) in [4.78, 5) is 25.2. The molecule has 4 rings (SSSR count). The number of nitro groups is 1. The number of non-ortho nitro benzene ring substituents is 1. The predicted octanol–water partition coefficient (Wildman–Crippen LogP) is 0.988. The van der Waals surface area contributed by atoms with Gasteiger partial charge in [-0.15, -0.1) is 0 Å². The van der Waals surface area contributed by atoms with E-state index < -0.39 is 4.92 Å². The van der Waals surface area contributed by atoms with E-state index in [2.05, 4.69) is 10.2 Å². The molecule has 3 heterocycles. The standard InChI is InChI=1S/C15H20N4O3/c1-12-2-3-13(18(21)22)10-14(12)16-15(20)11-19-7-4-17(5-8-19)6-9-19/h2-3,10H,4-9,11H2,1H3/p+1. The molecule has 1 N–H and O–H groups in total. The first kappa shape index (κ1) is 14.9. The number of hydrogen-bond donors (Lipinski definition) is 1. The third kappa shape index (κ3) is 2.95. The molecule has 3 aliphatic rings. The molecule has 0 aliphatic carbocycles. The third-order valence-electron chi connectivity index (χ3n) is 4.86. The molecule has 22 heavy (non-hydrogen) atoms. The molecule has 0 atom stereocenters. The number of aryl methyl sites for hydroxylation is 1. The number of carbonyl (C=O) groups is 1. The second-order valence-electron chi connectivity index (χ2n) is 6.32. The average molecular weight is 305 g/mol. The molecule has 118 valence electrons. The fraction of sp³-hybridized carbons (Fsp3) is 0.533. The molecule has 1 amide bonds. The summed E-state index contributed by atoms with van der Waals surface area (Å²) in [5, 5.41) is 13.7. The zero-order chi connectivity index (χ0) is 15.7. The van der Waals surface area contributed by atoms with E-state index in [1.165, 1.54) is 12.1 Å². The lowest BCUT2D eigenvalue weighted by atomic mass is 10.1. The number of piperazine rings is 3. The Morgan fingerprint density at radius 3 is 2.55 bits per heavy atom. The van der Waals surface area contributed by atoms with Gasteiger partial charge in [0.25, 0.3) is 11.6 Å². The smallest absolute Gasteiger partial charge is 0.279 e. The maximum absolute atomic E-state index is 12.4. The maximum Gasteiger partial charge on any atom is 0.279 e. The first-order valence-electron chi connectivity index (χ1n) is 7.60. The summed E-state index contributed by atoms with van der Waals surface area (Å²) < 4.78 is 0.844. The molecule has 0 saturated carbocycles. The summed E-state index contributed by atoms with van der Waals surface area (Å²) in [6.07, 6.45) is 0. The fourth-order valence-electron chi connectivity index (χ4n) is 3.32. The number of amides is 1. The third-order valence-corrected chi connectivity index (χ3v) is 4.86. The molecule has 3 fully saturated rings. The van der Waals surface area contributed by atoms with Gasteiger partial charge in [-0.25, -0.2) is 0 Å². The Morgan fingerprint density at radius 2 is 1.95 bits per heavy atom. The van der Waals surface area contributed by atoms with Gasteiger partial charge >= 0.3 is 0 Å². The van der Waals surface area contributed by atoms with E-state index in [-0.39, 0.29) is 11.6 Å². The highest BCUT2D eigenvalue weighted by Gasteiger charge is 2.39. The maximum atomic E-state index is 12.4. The summed E-state index contributed by atoms with van der Waals surface area (Å²) in [5.41, 5.74) is 1.37. The molecule has 3 aliphatic heterocycles. The van der Waals surface area contributed by atoms with Gasteiger partial charge in [0.15, 0.2) is 6.54 Å². The van der Waals surface area contributed by atoms with Crippen molar-refractivity contribution in [1.82, 2.24) is 4.90 Å². The van der Waals surface area contributed by atoms with Crippen LogP contribution in [0.1, 0.15) is 5.56 Å². The van der Waals surface area contributed by atoms with Gasteiger partial charge in [0.05, 0.1) is 30.2 Å². The van der Waals surface area contributed by atoms with Gasteiger partial charge in [0.2, 0.25) is 0 Å². The van der Waals surface area contributed by atoms with Crippen LogP contribution in [0.2, 0.25) is 0 Å². The zero-order valence-corrected chi connectivity index (χ0v) is 12.7. The van der Waals surface area contributed by atoms with Crippen LogP contribution in [0.15, 0.2) is 18.2 Å². The molecule has 0 unspecified atom stereocenters. The Labute approximate surface area is 129 Å². The summed E-state index contributed by atoms with van der Waals surface area (Å²) in [6.45, 7) is 8.51. The molecule has 0 spiro atoms. The van der Waals surface area contributed by atoms with E-state index in [1.807, 2.05) is 6.92 Å². The largest absolute Gasteiger partial charge is 0.321 e. The van der Waals surface area contributed by atoms with Crippen molar-refractivity contribution in [2.45, 2.75) is 6.92 Å². The number of nitro benzene ring substituents is 1. The van der Waals surface area contributed by atoms with Gasteiger partial charge in [-0.3, -0.25) is 19.8 Å². The summed E-state index contributed by atoms with van der Waals surface area (Å²) in [5.74, 6) is -0.0565. The van der Waals surface area contributed by atoms with Gasteiger partial charge in [-0.1, -0.05) is 6.07 Å². The fourth-order valence-corrected chi connectivity index (χ4v) is 3.32. The van der Waals surface area contributed by atoms with Crippen LogP contribution in [0.5, 0.6) is 0 Å². The topological polar surface area (TPSA) is 75.5 Å². The first-order valence-corrected chi connectivity index (χ1v) is 7.60. The van der Waals surface area contributed by atoms with Crippen molar-refractivity contribution in [3.63, 3.8) is 0 Å². The number of carbonyl (C=O) groups excluding carboxylic acids is 1. The molecule has 2 bridgehead atoms. The van der Waals surface area contributed by atoms with Gasteiger partial charge in [0, 0.05) is 31.8 Å². The molecular formula is C15H21N4O3+. The number of rotatable bonds is 4. The zero-order valence-electron chi connectivity index (χ0n) is 12.7. The molecule has 7 heteroatoms. The molecule has 1 aromatic rings. The van der Waals surface area contributed by atoms with Gasteiger partial charge in [-0.2, -0.15) is 0 Å². The number of anilines is 1. The van der Waals surface area contributed by atoms with E-state index in [9.17, 15) is 14.9 Å². The van der Waals surface area contributed by atoms with Crippen molar-refractivity contribution in [3.05, 3.63) is 33.9 Å². The number of fused-ring (bicyclic) bond motifs is 3. The molecule has 0 aromatic heterocycles. The van der Waals surface area contributed by atoms with Crippen molar-refractivity contribution in [2.75, 3.05) is 51.1 Å². The highest BCUT2D eigenvalue weighted by molar-refractivity contribution is 5.92. The monoisotopic (exact) mass is 305 g/mol. The van der Waals surface area contributed by atoms with Crippen LogP contribution in [0, 0.1) is 17.0 Å². The number of nitrogens with one attached hydrogen (secondary N) is 1. The Kier molecular flexibility index (Phi) is 3.84. The SMILES string of the molecule is Cc1ccc([N+](=O)[O-])cc1NC(=O)C[N+]12CCN(CC1)CC2. The molecule has 7 nitrogen and oxygen atoms in total. The van der Waals surface area contributed by atoms with E-state index >= 15 is 0 Å². The van der Waals surface area contributed by atoms with Crippen LogP contribution in [-0.4, -0.2) is 66.0 Å². The second-order valence-corrected chi connectivity index (χ2v) is 6.32. The Morgan fingerprint density at radius 1 is 1.32 bits per heavy atom. The molecule has 0 radical (unpaired) electrons. The lowest BCUT2D eigenvalue weighted by Crippen LogP contribution is -2.68. The quantitative estimate of drug-likeness (QED) is 0.511. The minimum Gasteiger partial charge on any atom is -0.321 e. The minimum absolute atomic E-state index is 0.000437. The van der Waals surface area contributed by atoms with E-state index in [1.54, 1.807) is 6.07 Å². The minimum atomic E-state index is -0.444. The lowest BCUT2D eigenvalue weighted by Gasteiger charge is -2.50. The van der Waals surface area contributed by atoms with Crippen LogP contribution in [-0.2, 0) is 4.79 Å². The summed E-state index contributed by atoms with van der Waals surface area (Å²) in [7, 11) is 0. The molecule has 1 aromatic carbocycles. The van der Waals surface area contributed by atoms with Crippen molar-refractivity contribution in [1.29, 1.82) is 0 Å². The normalized spacial score (nSPS) is 26.7. The highest BCUT2D eigenvalue weighted by Crippen LogP contribution is 2.23. The van der Waals surface area contributed by atoms with E-state index in [4.69, 9.17) is 0 Å². The van der Waals surface area contributed by atoms with Crippen LogP contribution in [0.25, 0.3) is 0 Å². The lowest BCUT2D eigenvalue weighted by molar-refractivity contribution is -0.933. The summed E-state index contributed by atoms with van der Waals surface area (Å²) in [6, 6.07) is 4.55. The molecular weight excluding hydrogens is 284 g/mol. The van der Waals surface area contributed by atoms with E-state index in [0.717, 1.165) is 49.3 Å². The number of hydrogen-bond acceptors (Lipinski definition) is 4. The van der Waals surface area contributed by atoms with Gasteiger partial charge < -0.3 is 9.80 Å². The van der Waals surface area contributed by atoms with Crippen LogP contribution in [0.3, 0.4) is 0 Å². The highest BCUT2D eigenvalue weighted by atomic mass is 16.6. The Balaban J connectivity index is 1.69. The van der Waals surface area contributed by atoms with E-state index in [0.29, 0.717) is 12.2 Å². The average Bonchev–Trinajstić information content (AvgIpc) is 2.50. The second kappa shape index (κ2) is 5.66. The van der Waals surface area contributed by atoms with Crippen molar-refractivity contribution < 1.29 is 14.2 Å². The summed E-state index contributed by atoms with van der Waals surface area (Å²) >= 11 is 0. The van der Waals surface area contributed by atoms with Crippen molar-refractivity contribution in [3.8, 4) is 0 Å². The number of benzene rings is 1. The number of quaternary nitrogens is 1. The van der Waals surface area contributed by atoms with Crippen LogP contribution < -0.4 is 5.32 Å². The number of nitrogens with zero attached hydrogens (tertiary/aromatic N) is 3. The predicted molar refractivity (Wildman–Crippen MR) is 82.6 cm³/mol. The molecule has 3 saturated heterocycles. The Bertz CT molecular complexity index is 595. The van der Waals surface area contributed by atoms with Crippen molar-refractivity contribution in [2.24, 2.45) is 0 Å².